The molecule has 0 spiro atoms. The van der Waals surface area contributed by atoms with Crippen molar-refractivity contribution in [2.24, 2.45) is 0 Å². The molecule has 2 amide bonds. The first-order valence-electron chi connectivity index (χ1n) is 12.8. The van der Waals surface area contributed by atoms with Gasteiger partial charge in [-0.05, 0) is 43.5 Å². The Labute approximate surface area is 213 Å². The number of aryl methyl sites for hydroxylation is 1. The first kappa shape index (κ1) is 25.6. The summed E-state index contributed by atoms with van der Waals surface area (Å²) < 4.78 is 11.2. The topological polar surface area (TPSA) is 83.1 Å². The number of carbonyl (C=O) groups is 2. The quantitative estimate of drug-likeness (QED) is 0.520. The zero-order valence-electron chi connectivity index (χ0n) is 21.4. The average Bonchev–Trinajstić information content (AvgIpc) is 2.89. The van der Waals surface area contributed by atoms with E-state index in [9.17, 15) is 9.59 Å². The van der Waals surface area contributed by atoms with E-state index in [1.165, 1.54) is 5.56 Å². The Balaban J connectivity index is 1.54. The first-order valence-corrected chi connectivity index (χ1v) is 12.8. The van der Waals surface area contributed by atoms with E-state index in [1.54, 1.807) is 6.92 Å². The first-order chi connectivity index (χ1) is 17.5. The third-order valence-corrected chi connectivity index (χ3v) is 6.63. The van der Waals surface area contributed by atoms with Gasteiger partial charge < -0.3 is 25.0 Å². The number of piperazine rings is 1. The van der Waals surface area contributed by atoms with Crippen LogP contribution in [0.2, 0.25) is 0 Å². The Kier molecular flexibility index (Phi) is 8.48. The molecule has 0 aliphatic carbocycles. The molecule has 8 heteroatoms. The monoisotopic (exact) mass is 492 g/mol. The predicted octanol–water partition coefficient (Wildman–Crippen LogP) is 3.64. The third kappa shape index (κ3) is 5.82. The Morgan fingerprint density at radius 2 is 1.69 bits per heavy atom. The van der Waals surface area contributed by atoms with Crippen LogP contribution in [0.25, 0.3) is 0 Å². The fourth-order valence-corrected chi connectivity index (χ4v) is 4.75. The molecule has 2 aromatic rings. The number of ether oxygens (including phenoxy) is 2. The van der Waals surface area contributed by atoms with Crippen molar-refractivity contribution in [1.29, 1.82) is 0 Å². The van der Waals surface area contributed by atoms with Crippen LogP contribution >= 0.6 is 0 Å². The van der Waals surface area contributed by atoms with Gasteiger partial charge in [0.25, 0.3) is 0 Å². The second-order valence-electron chi connectivity index (χ2n) is 8.90. The predicted molar refractivity (Wildman–Crippen MR) is 140 cm³/mol. The van der Waals surface area contributed by atoms with E-state index in [0.29, 0.717) is 24.4 Å². The molecular formula is C28H36N4O4. The summed E-state index contributed by atoms with van der Waals surface area (Å²) in [5.41, 5.74) is 4.22. The number of para-hydroxylation sites is 2. The lowest BCUT2D eigenvalue weighted by Crippen LogP contribution is -2.51. The van der Waals surface area contributed by atoms with Gasteiger partial charge in [-0.25, -0.2) is 9.59 Å². The summed E-state index contributed by atoms with van der Waals surface area (Å²) in [7, 11) is 0. The molecule has 0 aromatic heterocycles. The van der Waals surface area contributed by atoms with E-state index >= 15 is 0 Å². The maximum Gasteiger partial charge on any atom is 0.338 e. The molecule has 2 aromatic carbocycles. The number of esters is 1. The van der Waals surface area contributed by atoms with Crippen LogP contribution in [0.15, 0.2) is 59.8 Å². The minimum atomic E-state index is -0.557. The Hall–Kier alpha value is -3.52. The van der Waals surface area contributed by atoms with E-state index in [-0.39, 0.29) is 12.6 Å². The van der Waals surface area contributed by atoms with E-state index < -0.39 is 12.0 Å². The molecule has 2 aliphatic heterocycles. The number of anilines is 1. The van der Waals surface area contributed by atoms with E-state index in [2.05, 4.69) is 33.4 Å². The van der Waals surface area contributed by atoms with E-state index in [4.69, 9.17) is 9.47 Å². The van der Waals surface area contributed by atoms with Crippen molar-refractivity contribution in [3.05, 3.63) is 70.9 Å². The van der Waals surface area contributed by atoms with Crippen LogP contribution in [-0.2, 0) is 16.0 Å². The van der Waals surface area contributed by atoms with Crippen molar-refractivity contribution >= 4 is 17.7 Å². The number of hydrogen-bond acceptors (Lipinski definition) is 6. The molecule has 1 saturated heterocycles. The molecule has 2 N–H and O–H groups in total. The number of amides is 2. The molecule has 4 rings (SSSR count). The van der Waals surface area contributed by atoms with Crippen molar-refractivity contribution < 1.29 is 19.1 Å². The Bertz CT molecular complexity index is 1090. The van der Waals surface area contributed by atoms with Gasteiger partial charge in [0.2, 0.25) is 0 Å². The molecule has 36 heavy (non-hydrogen) atoms. The van der Waals surface area contributed by atoms with Gasteiger partial charge in [0.15, 0.2) is 0 Å². The van der Waals surface area contributed by atoms with Crippen LogP contribution in [-0.4, -0.2) is 62.8 Å². The molecule has 1 fully saturated rings. The molecule has 0 bridgehead atoms. The zero-order valence-corrected chi connectivity index (χ0v) is 21.4. The normalized spacial score (nSPS) is 18.5. The van der Waals surface area contributed by atoms with Crippen molar-refractivity contribution in [2.75, 3.05) is 50.8 Å². The molecular weight excluding hydrogens is 456 g/mol. The summed E-state index contributed by atoms with van der Waals surface area (Å²) >= 11 is 0. The SMILES string of the molecule is CCOC(=O)C1=C(CN2CCN(c3ccccc3OCC)CC2)NC(=O)N[C@H]1c1ccc(CC)cc1. The van der Waals surface area contributed by atoms with Crippen molar-refractivity contribution in [3.63, 3.8) is 0 Å². The Morgan fingerprint density at radius 1 is 0.972 bits per heavy atom. The average molecular weight is 493 g/mol. The van der Waals surface area contributed by atoms with Crippen LogP contribution in [0.3, 0.4) is 0 Å². The van der Waals surface area contributed by atoms with Crippen molar-refractivity contribution in [3.8, 4) is 5.75 Å². The van der Waals surface area contributed by atoms with Crippen LogP contribution in [0.5, 0.6) is 5.75 Å². The maximum absolute atomic E-state index is 13.1. The van der Waals surface area contributed by atoms with E-state index in [1.807, 2.05) is 49.4 Å². The third-order valence-electron chi connectivity index (χ3n) is 6.63. The van der Waals surface area contributed by atoms with Crippen LogP contribution in [0, 0.1) is 0 Å². The summed E-state index contributed by atoms with van der Waals surface area (Å²) in [4.78, 5) is 30.3. The summed E-state index contributed by atoms with van der Waals surface area (Å²) in [6, 6.07) is 15.2. The molecule has 192 valence electrons. The van der Waals surface area contributed by atoms with Gasteiger partial charge in [0.05, 0.1) is 30.5 Å². The molecule has 0 radical (unpaired) electrons. The molecule has 0 unspecified atom stereocenters. The van der Waals surface area contributed by atoms with Gasteiger partial charge in [0, 0.05) is 38.4 Å². The summed E-state index contributed by atoms with van der Waals surface area (Å²) in [6.45, 7) is 10.4. The molecule has 0 saturated carbocycles. The minimum Gasteiger partial charge on any atom is -0.492 e. The second kappa shape index (κ2) is 11.9. The molecule has 1 atom stereocenters. The van der Waals surface area contributed by atoms with Gasteiger partial charge in [0.1, 0.15) is 5.75 Å². The lowest BCUT2D eigenvalue weighted by atomic mass is 9.94. The fourth-order valence-electron chi connectivity index (χ4n) is 4.75. The van der Waals surface area contributed by atoms with Gasteiger partial charge in [-0.1, -0.05) is 43.3 Å². The van der Waals surface area contributed by atoms with Crippen molar-refractivity contribution in [1.82, 2.24) is 15.5 Å². The summed E-state index contributed by atoms with van der Waals surface area (Å²) in [6.07, 6.45) is 0.922. The minimum absolute atomic E-state index is 0.267. The summed E-state index contributed by atoms with van der Waals surface area (Å²) in [5, 5.41) is 5.82. The van der Waals surface area contributed by atoms with Crippen molar-refractivity contribution in [2.45, 2.75) is 33.2 Å². The fraction of sp³-hybridized carbons (Fsp3) is 0.429. The highest BCUT2D eigenvalue weighted by Gasteiger charge is 2.34. The molecule has 2 heterocycles. The van der Waals surface area contributed by atoms with Gasteiger partial charge in [-0.2, -0.15) is 0 Å². The second-order valence-corrected chi connectivity index (χ2v) is 8.90. The number of benzene rings is 2. The van der Waals surface area contributed by atoms with Crippen LogP contribution < -0.4 is 20.3 Å². The highest BCUT2D eigenvalue weighted by molar-refractivity contribution is 5.95. The van der Waals surface area contributed by atoms with Crippen LogP contribution in [0.1, 0.15) is 37.9 Å². The standard InChI is InChI=1S/C28H36N4O4/c1-4-20-11-13-21(14-12-20)26-25(27(33)36-6-3)22(29-28(34)30-26)19-31-15-17-32(18-16-31)23-9-7-8-10-24(23)35-5-2/h7-14,26H,4-6,15-19H2,1-3H3,(H2,29,30,34)/t26-/m0/s1. The highest BCUT2D eigenvalue weighted by atomic mass is 16.5. The number of urea groups is 1. The maximum atomic E-state index is 13.1. The van der Waals surface area contributed by atoms with Gasteiger partial charge in [-0.15, -0.1) is 0 Å². The highest BCUT2D eigenvalue weighted by Crippen LogP contribution is 2.31. The lowest BCUT2D eigenvalue weighted by Gasteiger charge is -2.38. The van der Waals surface area contributed by atoms with Gasteiger partial charge >= 0.3 is 12.0 Å². The van der Waals surface area contributed by atoms with E-state index in [0.717, 1.165) is 49.6 Å². The largest absolute Gasteiger partial charge is 0.492 e. The Morgan fingerprint density at radius 3 is 2.36 bits per heavy atom. The molecule has 2 aliphatic rings. The van der Waals surface area contributed by atoms with Crippen LogP contribution in [0.4, 0.5) is 10.5 Å². The number of nitrogens with zero attached hydrogens (tertiary/aromatic N) is 2. The smallest absolute Gasteiger partial charge is 0.338 e. The lowest BCUT2D eigenvalue weighted by molar-refractivity contribution is -0.139. The number of nitrogens with one attached hydrogen (secondary N) is 2. The van der Waals surface area contributed by atoms with Gasteiger partial charge in [-0.3, -0.25) is 4.90 Å². The zero-order chi connectivity index (χ0) is 25.5. The molecule has 8 nitrogen and oxygen atoms in total. The summed E-state index contributed by atoms with van der Waals surface area (Å²) in [5.74, 6) is 0.483. The number of hydrogen-bond donors (Lipinski definition) is 2. The number of rotatable bonds is 9. The number of carbonyl (C=O) groups excluding carboxylic acids is 2.